The molecule has 0 amide bonds. The first-order valence-electron chi connectivity index (χ1n) is 5.76. The van der Waals surface area contributed by atoms with Gasteiger partial charge in [0.05, 0.1) is 0 Å². The van der Waals surface area contributed by atoms with Gasteiger partial charge < -0.3 is 5.73 Å². The van der Waals surface area contributed by atoms with Gasteiger partial charge in [-0.05, 0) is 29.7 Å². The number of thioether (sulfide) groups is 1. The van der Waals surface area contributed by atoms with Crippen LogP contribution in [-0.2, 0) is 12.3 Å². The molecule has 1 nitrogen and oxygen atoms in total. The maximum atomic E-state index is 5.58. The Morgan fingerprint density at radius 2 is 1.59 bits per heavy atom. The topological polar surface area (TPSA) is 26.0 Å². The van der Waals surface area contributed by atoms with Crippen molar-refractivity contribution in [1.82, 2.24) is 0 Å². The SMILES string of the molecule is Cc1ccccc1SCc1ccc(CN)cc1. The first-order valence-corrected chi connectivity index (χ1v) is 6.74. The van der Waals surface area contributed by atoms with E-state index in [-0.39, 0.29) is 0 Å². The number of hydrogen-bond acceptors (Lipinski definition) is 2. The van der Waals surface area contributed by atoms with Gasteiger partial charge in [-0.2, -0.15) is 0 Å². The van der Waals surface area contributed by atoms with Crippen LogP contribution >= 0.6 is 11.8 Å². The average Bonchev–Trinajstić information content (AvgIpc) is 2.38. The van der Waals surface area contributed by atoms with Crippen molar-refractivity contribution < 1.29 is 0 Å². The number of benzene rings is 2. The van der Waals surface area contributed by atoms with Crippen LogP contribution in [0, 0.1) is 6.92 Å². The summed E-state index contributed by atoms with van der Waals surface area (Å²) in [6.07, 6.45) is 0. The van der Waals surface area contributed by atoms with Gasteiger partial charge in [0.2, 0.25) is 0 Å². The monoisotopic (exact) mass is 243 g/mol. The van der Waals surface area contributed by atoms with E-state index in [1.165, 1.54) is 21.6 Å². The largest absolute Gasteiger partial charge is 0.326 e. The van der Waals surface area contributed by atoms with Crippen LogP contribution in [0.5, 0.6) is 0 Å². The van der Waals surface area contributed by atoms with Crippen LogP contribution in [0.1, 0.15) is 16.7 Å². The Bertz CT molecular complexity index is 477. The summed E-state index contributed by atoms with van der Waals surface area (Å²) in [7, 11) is 0. The highest BCUT2D eigenvalue weighted by molar-refractivity contribution is 7.98. The quantitative estimate of drug-likeness (QED) is 0.828. The molecule has 0 fully saturated rings. The summed E-state index contributed by atoms with van der Waals surface area (Å²) >= 11 is 1.88. The lowest BCUT2D eigenvalue weighted by molar-refractivity contribution is 1.07. The van der Waals surface area contributed by atoms with Gasteiger partial charge >= 0.3 is 0 Å². The highest BCUT2D eigenvalue weighted by Crippen LogP contribution is 2.25. The maximum absolute atomic E-state index is 5.58. The molecule has 2 rings (SSSR count). The number of hydrogen-bond donors (Lipinski definition) is 1. The van der Waals surface area contributed by atoms with Crippen molar-refractivity contribution in [3.05, 3.63) is 65.2 Å². The van der Waals surface area contributed by atoms with Crippen molar-refractivity contribution in [3.8, 4) is 0 Å². The second-order valence-corrected chi connectivity index (χ2v) is 5.09. The zero-order valence-electron chi connectivity index (χ0n) is 10.0. The third-order valence-electron chi connectivity index (χ3n) is 2.75. The summed E-state index contributed by atoms with van der Waals surface area (Å²) in [5.41, 5.74) is 9.46. The molecule has 0 aliphatic heterocycles. The van der Waals surface area contributed by atoms with E-state index in [4.69, 9.17) is 5.73 Å². The molecule has 0 radical (unpaired) electrons. The van der Waals surface area contributed by atoms with Crippen LogP contribution in [0.3, 0.4) is 0 Å². The number of rotatable bonds is 4. The highest BCUT2D eigenvalue weighted by atomic mass is 32.2. The predicted octanol–water partition coefficient (Wildman–Crippen LogP) is 3.75. The fourth-order valence-corrected chi connectivity index (χ4v) is 2.64. The molecule has 2 heteroatoms. The smallest absolute Gasteiger partial charge is 0.0232 e. The van der Waals surface area contributed by atoms with Crippen LogP contribution in [-0.4, -0.2) is 0 Å². The zero-order chi connectivity index (χ0) is 12.1. The first kappa shape index (κ1) is 12.2. The minimum Gasteiger partial charge on any atom is -0.326 e. The fraction of sp³-hybridized carbons (Fsp3) is 0.200. The molecule has 0 aromatic heterocycles. The van der Waals surface area contributed by atoms with Gasteiger partial charge in [0, 0.05) is 17.2 Å². The zero-order valence-corrected chi connectivity index (χ0v) is 10.8. The second-order valence-electron chi connectivity index (χ2n) is 4.07. The Hall–Kier alpha value is -1.25. The van der Waals surface area contributed by atoms with E-state index < -0.39 is 0 Å². The van der Waals surface area contributed by atoms with Crippen molar-refractivity contribution in [2.24, 2.45) is 5.73 Å². The van der Waals surface area contributed by atoms with Crippen molar-refractivity contribution in [1.29, 1.82) is 0 Å². The summed E-state index contributed by atoms with van der Waals surface area (Å²) in [5.74, 6) is 1.01. The molecule has 0 aliphatic carbocycles. The molecule has 0 atom stereocenters. The Morgan fingerprint density at radius 3 is 2.24 bits per heavy atom. The molecule has 2 aromatic carbocycles. The van der Waals surface area contributed by atoms with Gasteiger partial charge in [-0.3, -0.25) is 0 Å². The standard InChI is InChI=1S/C15H17NS/c1-12-4-2-3-5-15(12)17-11-14-8-6-13(10-16)7-9-14/h2-9H,10-11,16H2,1H3. The minimum atomic E-state index is 0.616. The summed E-state index contributed by atoms with van der Waals surface area (Å²) in [5, 5.41) is 0. The molecule has 2 aromatic rings. The third kappa shape index (κ3) is 3.35. The molecular weight excluding hydrogens is 226 g/mol. The normalized spacial score (nSPS) is 10.5. The lowest BCUT2D eigenvalue weighted by atomic mass is 10.1. The van der Waals surface area contributed by atoms with Crippen molar-refractivity contribution in [3.63, 3.8) is 0 Å². The van der Waals surface area contributed by atoms with Crippen LogP contribution < -0.4 is 5.73 Å². The molecule has 0 saturated heterocycles. The molecule has 2 N–H and O–H groups in total. The van der Waals surface area contributed by atoms with Crippen LogP contribution in [0.25, 0.3) is 0 Å². The summed E-state index contributed by atoms with van der Waals surface area (Å²) in [6.45, 7) is 2.77. The van der Waals surface area contributed by atoms with E-state index in [0.717, 1.165) is 5.75 Å². The molecule has 0 aliphatic rings. The van der Waals surface area contributed by atoms with E-state index in [0.29, 0.717) is 6.54 Å². The van der Waals surface area contributed by atoms with Gasteiger partial charge in [0.1, 0.15) is 0 Å². The summed E-state index contributed by atoms with van der Waals surface area (Å²) in [6, 6.07) is 17.0. The lowest BCUT2D eigenvalue weighted by Crippen LogP contribution is -1.95. The van der Waals surface area contributed by atoms with E-state index in [9.17, 15) is 0 Å². The molecule has 0 unspecified atom stereocenters. The third-order valence-corrected chi connectivity index (χ3v) is 3.99. The molecule has 0 heterocycles. The summed E-state index contributed by atoms with van der Waals surface area (Å²) < 4.78 is 0. The molecule has 0 spiro atoms. The average molecular weight is 243 g/mol. The van der Waals surface area contributed by atoms with E-state index in [1.807, 2.05) is 11.8 Å². The van der Waals surface area contributed by atoms with E-state index in [2.05, 4.69) is 55.5 Å². The molecule has 0 saturated carbocycles. The van der Waals surface area contributed by atoms with Crippen LogP contribution in [0.2, 0.25) is 0 Å². The Labute approximate surface area is 107 Å². The highest BCUT2D eigenvalue weighted by Gasteiger charge is 1.99. The number of nitrogens with two attached hydrogens (primary N) is 1. The lowest BCUT2D eigenvalue weighted by Gasteiger charge is -2.05. The van der Waals surface area contributed by atoms with E-state index in [1.54, 1.807) is 0 Å². The van der Waals surface area contributed by atoms with E-state index >= 15 is 0 Å². The number of aryl methyl sites for hydroxylation is 1. The Kier molecular flexibility index (Phi) is 4.24. The fourth-order valence-electron chi connectivity index (χ4n) is 1.65. The van der Waals surface area contributed by atoms with Gasteiger partial charge in [0.15, 0.2) is 0 Å². The van der Waals surface area contributed by atoms with Gasteiger partial charge in [-0.25, -0.2) is 0 Å². The van der Waals surface area contributed by atoms with Gasteiger partial charge in [-0.15, -0.1) is 11.8 Å². The van der Waals surface area contributed by atoms with Crippen molar-refractivity contribution >= 4 is 11.8 Å². The predicted molar refractivity (Wildman–Crippen MR) is 75.1 cm³/mol. The first-order chi connectivity index (χ1) is 8.29. The van der Waals surface area contributed by atoms with Crippen LogP contribution in [0.15, 0.2) is 53.4 Å². The molecule has 88 valence electrons. The molecule has 17 heavy (non-hydrogen) atoms. The Balaban J connectivity index is 2.00. The van der Waals surface area contributed by atoms with Crippen LogP contribution in [0.4, 0.5) is 0 Å². The summed E-state index contributed by atoms with van der Waals surface area (Å²) in [4.78, 5) is 1.36. The Morgan fingerprint density at radius 1 is 0.941 bits per heavy atom. The van der Waals surface area contributed by atoms with Crippen molar-refractivity contribution in [2.45, 2.75) is 24.1 Å². The molecular formula is C15H17NS. The maximum Gasteiger partial charge on any atom is 0.0232 e. The minimum absolute atomic E-state index is 0.616. The van der Waals surface area contributed by atoms with Gasteiger partial charge in [0.25, 0.3) is 0 Å². The molecule has 0 bridgehead atoms. The second kappa shape index (κ2) is 5.89. The van der Waals surface area contributed by atoms with Gasteiger partial charge in [-0.1, -0.05) is 42.5 Å². The van der Waals surface area contributed by atoms with Crippen molar-refractivity contribution in [2.75, 3.05) is 0 Å².